The molecule has 2 N–H and O–H groups in total. The molecule has 0 bridgehead atoms. The fraction of sp³-hybridized carbons (Fsp3) is 0.632. The third kappa shape index (κ3) is 6.70. The second-order valence-corrected chi connectivity index (χ2v) is 7.76. The van der Waals surface area contributed by atoms with Gasteiger partial charge in [-0.05, 0) is 49.8 Å². The summed E-state index contributed by atoms with van der Waals surface area (Å²) in [5, 5.41) is 6.88. The van der Waals surface area contributed by atoms with Crippen LogP contribution in [0.1, 0.15) is 39.2 Å². The van der Waals surface area contributed by atoms with Gasteiger partial charge in [0.05, 0.1) is 0 Å². The summed E-state index contributed by atoms with van der Waals surface area (Å²) in [6, 6.07) is 8.08. The van der Waals surface area contributed by atoms with Gasteiger partial charge >= 0.3 is 6.03 Å². The number of carbonyl (C=O) groups excluding carboxylic acids is 1. The van der Waals surface area contributed by atoms with Gasteiger partial charge in [-0.3, -0.25) is 0 Å². The number of halogens is 1. The lowest BCUT2D eigenvalue weighted by atomic mass is 10.0. The van der Waals surface area contributed by atoms with Crippen molar-refractivity contribution >= 4 is 17.6 Å². The first kappa shape index (κ1) is 19.1. The van der Waals surface area contributed by atoms with E-state index in [1.54, 1.807) is 0 Å². The highest BCUT2D eigenvalue weighted by atomic mass is 35.5. The molecular weight excluding hydrogens is 322 g/mol. The molecule has 0 aromatic heterocycles. The van der Waals surface area contributed by atoms with Crippen LogP contribution in [0.3, 0.4) is 0 Å². The Balaban J connectivity index is 1.69. The third-order valence-corrected chi connectivity index (χ3v) is 4.59. The number of carbonyl (C=O) groups is 1. The van der Waals surface area contributed by atoms with Gasteiger partial charge in [-0.1, -0.05) is 37.6 Å². The first-order valence-electron chi connectivity index (χ1n) is 8.96. The Kier molecular flexibility index (Phi) is 7.38. The first-order valence-corrected chi connectivity index (χ1v) is 9.34. The molecule has 1 saturated heterocycles. The van der Waals surface area contributed by atoms with Crippen molar-refractivity contribution < 1.29 is 4.79 Å². The standard InChI is InChI=1S/C19H30ClN3O/c1-14(2)13-23-9-7-18(8-10-23)22-19(24)21-15(3)11-16-5-4-6-17(20)12-16/h4-6,12,14-15,18H,7-11,13H2,1-3H3,(H2,21,22,24)/t15-/m0/s1. The minimum atomic E-state index is -0.0631. The summed E-state index contributed by atoms with van der Waals surface area (Å²) in [5.41, 5.74) is 1.14. The number of rotatable bonds is 6. The molecule has 4 nitrogen and oxygen atoms in total. The highest BCUT2D eigenvalue weighted by Crippen LogP contribution is 2.13. The summed E-state index contributed by atoms with van der Waals surface area (Å²) in [6.45, 7) is 9.81. The van der Waals surface area contributed by atoms with E-state index in [1.807, 2.05) is 31.2 Å². The van der Waals surface area contributed by atoms with Crippen molar-refractivity contribution in [1.29, 1.82) is 0 Å². The van der Waals surface area contributed by atoms with Crippen LogP contribution in [0.4, 0.5) is 4.79 Å². The minimum Gasteiger partial charge on any atom is -0.335 e. The number of amides is 2. The molecule has 0 aliphatic carbocycles. The van der Waals surface area contributed by atoms with Crippen molar-refractivity contribution in [2.24, 2.45) is 5.92 Å². The lowest BCUT2D eigenvalue weighted by Crippen LogP contribution is -2.50. The van der Waals surface area contributed by atoms with Crippen LogP contribution >= 0.6 is 11.6 Å². The SMILES string of the molecule is CC(C)CN1CCC(NC(=O)N[C@@H](C)Cc2cccc(Cl)c2)CC1. The molecule has 2 amide bonds. The van der Waals surface area contributed by atoms with Crippen LogP contribution in [0.5, 0.6) is 0 Å². The van der Waals surface area contributed by atoms with E-state index >= 15 is 0 Å². The summed E-state index contributed by atoms with van der Waals surface area (Å²) in [6.07, 6.45) is 2.84. The molecule has 134 valence electrons. The number of hydrogen-bond donors (Lipinski definition) is 2. The van der Waals surface area contributed by atoms with E-state index in [1.165, 1.54) is 0 Å². The predicted molar refractivity (Wildman–Crippen MR) is 101 cm³/mol. The zero-order chi connectivity index (χ0) is 17.5. The summed E-state index contributed by atoms with van der Waals surface area (Å²) < 4.78 is 0. The van der Waals surface area contributed by atoms with Gasteiger partial charge < -0.3 is 15.5 Å². The van der Waals surface area contributed by atoms with Gasteiger partial charge in [0, 0.05) is 36.7 Å². The van der Waals surface area contributed by atoms with Crippen LogP contribution in [0.2, 0.25) is 5.02 Å². The van der Waals surface area contributed by atoms with E-state index in [-0.39, 0.29) is 18.1 Å². The quantitative estimate of drug-likeness (QED) is 0.820. The highest BCUT2D eigenvalue weighted by Gasteiger charge is 2.21. The van der Waals surface area contributed by atoms with Crippen LogP contribution in [0.25, 0.3) is 0 Å². The molecule has 1 aliphatic rings. The Hall–Kier alpha value is -1.26. The van der Waals surface area contributed by atoms with Gasteiger partial charge in [-0.2, -0.15) is 0 Å². The number of nitrogens with zero attached hydrogens (tertiary/aromatic N) is 1. The summed E-state index contributed by atoms with van der Waals surface area (Å²) in [7, 11) is 0. The van der Waals surface area contributed by atoms with Crippen molar-refractivity contribution in [1.82, 2.24) is 15.5 Å². The largest absolute Gasteiger partial charge is 0.335 e. The molecule has 2 rings (SSSR count). The van der Waals surface area contributed by atoms with Gasteiger partial charge in [0.15, 0.2) is 0 Å². The fourth-order valence-electron chi connectivity index (χ4n) is 3.30. The Morgan fingerprint density at radius 1 is 1.29 bits per heavy atom. The number of hydrogen-bond acceptors (Lipinski definition) is 2. The Morgan fingerprint density at radius 3 is 2.62 bits per heavy atom. The van der Waals surface area contributed by atoms with Crippen LogP contribution < -0.4 is 10.6 Å². The van der Waals surface area contributed by atoms with Crippen LogP contribution in [0, 0.1) is 5.92 Å². The number of likely N-dealkylation sites (tertiary alicyclic amines) is 1. The summed E-state index contributed by atoms with van der Waals surface area (Å²) >= 11 is 6.00. The Bertz CT molecular complexity index is 527. The van der Waals surface area contributed by atoms with Gasteiger partial charge in [0.1, 0.15) is 0 Å². The van der Waals surface area contributed by atoms with Gasteiger partial charge in [0.2, 0.25) is 0 Å². The second-order valence-electron chi connectivity index (χ2n) is 7.32. The van der Waals surface area contributed by atoms with E-state index in [2.05, 4.69) is 29.4 Å². The molecule has 5 heteroatoms. The average Bonchev–Trinajstić information content (AvgIpc) is 2.48. The number of urea groups is 1. The normalized spacial score (nSPS) is 17.7. The van der Waals surface area contributed by atoms with Crippen molar-refractivity contribution in [2.75, 3.05) is 19.6 Å². The molecule has 0 spiro atoms. The molecule has 24 heavy (non-hydrogen) atoms. The summed E-state index contributed by atoms with van der Waals surface area (Å²) in [4.78, 5) is 14.7. The molecule has 1 fully saturated rings. The molecule has 1 atom stereocenters. The van der Waals surface area contributed by atoms with Crippen molar-refractivity contribution in [3.63, 3.8) is 0 Å². The maximum absolute atomic E-state index is 12.2. The molecule has 0 radical (unpaired) electrons. The van der Waals surface area contributed by atoms with E-state index in [9.17, 15) is 4.79 Å². The van der Waals surface area contributed by atoms with Crippen molar-refractivity contribution in [3.05, 3.63) is 34.9 Å². The van der Waals surface area contributed by atoms with Crippen LogP contribution in [-0.4, -0.2) is 42.6 Å². The summed E-state index contributed by atoms with van der Waals surface area (Å²) in [5.74, 6) is 0.699. The highest BCUT2D eigenvalue weighted by molar-refractivity contribution is 6.30. The fourth-order valence-corrected chi connectivity index (χ4v) is 3.51. The predicted octanol–water partition coefficient (Wildman–Crippen LogP) is 3.69. The third-order valence-electron chi connectivity index (χ3n) is 4.35. The lowest BCUT2D eigenvalue weighted by molar-refractivity contribution is 0.177. The molecule has 1 aromatic rings. The molecule has 1 heterocycles. The average molecular weight is 352 g/mol. The second kappa shape index (κ2) is 9.28. The smallest absolute Gasteiger partial charge is 0.315 e. The maximum Gasteiger partial charge on any atom is 0.315 e. The number of piperidine rings is 1. The Morgan fingerprint density at radius 2 is 2.00 bits per heavy atom. The van der Waals surface area contributed by atoms with E-state index in [0.717, 1.165) is 49.5 Å². The lowest BCUT2D eigenvalue weighted by Gasteiger charge is -2.33. The molecule has 0 unspecified atom stereocenters. The maximum atomic E-state index is 12.2. The molecule has 1 aliphatic heterocycles. The topological polar surface area (TPSA) is 44.4 Å². The minimum absolute atomic E-state index is 0.0631. The first-order chi connectivity index (χ1) is 11.4. The van der Waals surface area contributed by atoms with Gasteiger partial charge in [-0.25, -0.2) is 4.79 Å². The van der Waals surface area contributed by atoms with Gasteiger partial charge in [-0.15, -0.1) is 0 Å². The van der Waals surface area contributed by atoms with Crippen LogP contribution in [-0.2, 0) is 6.42 Å². The van der Waals surface area contributed by atoms with Crippen molar-refractivity contribution in [3.8, 4) is 0 Å². The van der Waals surface area contributed by atoms with Crippen molar-refractivity contribution in [2.45, 2.75) is 52.1 Å². The molecular formula is C19H30ClN3O. The zero-order valence-corrected chi connectivity index (χ0v) is 15.8. The monoisotopic (exact) mass is 351 g/mol. The van der Waals surface area contributed by atoms with E-state index < -0.39 is 0 Å². The number of benzene rings is 1. The molecule has 1 aromatic carbocycles. The van der Waals surface area contributed by atoms with Gasteiger partial charge in [0.25, 0.3) is 0 Å². The molecule has 0 saturated carbocycles. The zero-order valence-electron chi connectivity index (χ0n) is 15.0. The number of nitrogens with one attached hydrogen (secondary N) is 2. The van der Waals surface area contributed by atoms with E-state index in [0.29, 0.717) is 5.92 Å². The van der Waals surface area contributed by atoms with Crippen LogP contribution in [0.15, 0.2) is 24.3 Å². The Labute approximate surface area is 150 Å². The van der Waals surface area contributed by atoms with E-state index in [4.69, 9.17) is 11.6 Å².